The molecule has 0 aliphatic carbocycles. The van der Waals surface area contributed by atoms with Crippen LogP contribution in [-0.4, -0.2) is 58.4 Å². The van der Waals surface area contributed by atoms with Gasteiger partial charge in [-0.2, -0.15) is 0 Å². The molecule has 9 nitrogen and oxygen atoms in total. The molecule has 3 heterocycles. The summed E-state index contributed by atoms with van der Waals surface area (Å²) in [5.41, 5.74) is 4.77. The Morgan fingerprint density at radius 3 is 2.83 bits per heavy atom. The average molecular weight is 483 g/mol. The second kappa shape index (κ2) is 10.5. The van der Waals surface area contributed by atoms with E-state index in [1.807, 2.05) is 54.6 Å². The highest BCUT2D eigenvalue weighted by Crippen LogP contribution is 2.28. The highest BCUT2D eigenvalue weighted by molar-refractivity contribution is 5.99. The first-order chi connectivity index (χ1) is 17.6. The number of ether oxygens (including phenoxy) is 1. The van der Waals surface area contributed by atoms with Crippen LogP contribution >= 0.6 is 0 Å². The van der Waals surface area contributed by atoms with Crippen molar-refractivity contribution in [3.05, 3.63) is 79.6 Å². The average Bonchev–Trinajstić information content (AvgIpc) is 2.93. The van der Waals surface area contributed by atoms with E-state index in [2.05, 4.69) is 32.1 Å². The van der Waals surface area contributed by atoms with Gasteiger partial charge < -0.3 is 25.4 Å². The number of nitrogens with zero attached hydrogens (tertiary/aromatic N) is 4. The summed E-state index contributed by atoms with van der Waals surface area (Å²) in [7, 11) is 0. The van der Waals surface area contributed by atoms with Gasteiger partial charge in [0.25, 0.3) is 0 Å². The van der Waals surface area contributed by atoms with E-state index in [0.717, 1.165) is 28.9 Å². The molecule has 36 heavy (non-hydrogen) atoms. The number of aromatic nitrogens is 3. The third kappa shape index (κ3) is 5.17. The molecule has 1 aliphatic rings. The van der Waals surface area contributed by atoms with Gasteiger partial charge in [-0.1, -0.05) is 18.7 Å². The second-order valence-electron chi connectivity index (χ2n) is 8.36. The van der Waals surface area contributed by atoms with Crippen molar-refractivity contribution < 1.29 is 14.6 Å². The van der Waals surface area contributed by atoms with E-state index in [1.165, 1.54) is 6.08 Å². The fourth-order valence-corrected chi connectivity index (χ4v) is 4.11. The Hall–Kier alpha value is -4.34. The number of hydrogen-bond acceptors (Lipinski definition) is 8. The zero-order chi connectivity index (χ0) is 24.9. The fraction of sp³-hybridized carbons (Fsp3) is 0.185. The molecule has 0 saturated carbocycles. The highest BCUT2D eigenvalue weighted by Gasteiger charge is 2.20. The summed E-state index contributed by atoms with van der Waals surface area (Å²) in [6, 6.07) is 17.3. The summed E-state index contributed by atoms with van der Waals surface area (Å²) >= 11 is 0. The monoisotopic (exact) mass is 482 g/mol. The van der Waals surface area contributed by atoms with Gasteiger partial charge in [0.05, 0.1) is 25.0 Å². The minimum Gasteiger partial charge on any atom is -0.394 e. The Kier molecular flexibility index (Phi) is 6.83. The maximum atomic E-state index is 11.7. The van der Waals surface area contributed by atoms with Crippen LogP contribution < -0.4 is 15.5 Å². The van der Waals surface area contributed by atoms with Crippen LogP contribution in [0.3, 0.4) is 0 Å². The molecule has 4 aromatic rings. The summed E-state index contributed by atoms with van der Waals surface area (Å²) < 4.78 is 5.54. The number of carbonyl (C=O) groups is 1. The second-order valence-corrected chi connectivity index (χ2v) is 8.36. The minimum absolute atomic E-state index is 0.0139. The normalized spacial score (nSPS) is 15.5. The Morgan fingerprint density at radius 1 is 1.17 bits per heavy atom. The Balaban J connectivity index is 1.38. The molecule has 3 N–H and O–H groups in total. The third-order valence-corrected chi connectivity index (χ3v) is 5.92. The topological polar surface area (TPSA) is 112 Å². The lowest BCUT2D eigenvalue weighted by molar-refractivity contribution is -0.111. The summed E-state index contributed by atoms with van der Waals surface area (Å²) in [6.45, 7) is 5.54. The molecule has 1 atom stereocenters. The SMILES string of the molecule is C=CC(=O)Nc1cccc(-c2nccc3cnc(Nc4ccc(N5CCOC(CO)C5)cc4)nc23)c1. The zero-order valence-electron chi connectivity index (χ0n) is 19.6. The van der Waals surface area contributed by atoms with Gasteiger partial charge in [-0.15, -0.1) is 0 Å². The summed E-state index contributed by atoms with van der Waals surface area (Å²) in [5.74, 6) is 0.173. The number of fused-ring (bicyclic) bond motifs is 1. The molecule has 9 heteroatoms. The van der Waals surface area contributed by atoms with Crippen LogP contribution in [0.5, 0.6) is 0 Å². The van der Waals surface area contributed by atoms with Crippen LogP contribution in [0.1, 0.15) is 0 Å². The van der Waals surface area contributed by atoms with Crippen molar-refractivity contribution in [2.75, 3.05) is 41.8 Å². The van der Waals surface area contributed by atoms with Gasteiger partial charge in [0, 0.05) is 53.5 Å². The predicted octanol–water partition coefficient (Wildman–Crippen LogP) is 3.76. The van der Waals surface area contributed by atoms with Gasteiger partial charge >= 0.3 is 0 Å². The lowest BCUT2D eigenvalue weighted by Crippen LogP contribution is -2.44. The van der Waals surface area contributed by atoms with Crippen LogP contribution in [0, 0.1) is 0 Å². The first kappa shape index (κ1) is 23.4. The number of morpholine rings is 1. The lowest BCUT2D eigenvalue weighted by atomic mass is 10.1. The molecule has 1 saturated heterocycles. The first-order valence-electron chi connectivity index (χ1n) is 11.6. The van der Waals surface area contributed by atoms with Gasteiger partial charge in [0.15, 0.2) is 0 Å². The largest absolute Gasteiger partial charge is 0.394 e. The standard InChI is InChI=1S/C27H26N6O3/c1-2-24(35)30-21-5-3-4-18(14-21)25-26-19(10-11-28-25)15-29-27(32-26)31-20-6-8-22(9-7-20)33-12-13-36-23(16-33)17-34/h2-11,14-15,23,34H,1,12-13,16-17H2,(H,30,35)(H,29,31,32). The van der Waals surface area contributed by atoms with Crippen molar-refractivity contribution in [1.29, 1.82) is 0 Å². The number of aliphatic hydroxyl groups excluding tert-OH is 1. The van der Waals surface area contributed by atoms with Crippen molar-refractivity contribution in [1.82, 2.24) is 15.0 Å². The summed E-state index contributed by atoms with van der Waals surface area (Å²) in [4.78, 5) is 27.7. The molecule has 0 bridgehead atoms. The third-order valence-electron chi connectivity index (χ3n) is 5.92. The number of amides is 1. The highest BCUT2D eigenvalue weighted by atomic mass is 16.5. The van der Waals surface area contributed by atoms with Crippen molar-refractivity contribution in [3.63, 3.8) is 0 Å². The van der Waals surface area contributed by atoms with Gasteiger partial charge in [0.1, 0.15) is 5.52 Å². The number of aliphatic hydroxyl groups is 1. The zero-order valence-corrected chi connectivity index (χ0v) is 19.6. The predicted molar refractivity (Wildman–Crippen MR) is 140 cm³/mol. The van der Waals surface area contributed by atoms with Gasteiger partial charge in [0.2, 0.25) is 11.9 Å². The van der Waals surface area contributed by atoms with Crippen LogP contribution in [0.25, 0.3) is 22.2 Å². The van der Waals surface area contributed by atoms with E-state index in [9.17, 15) is 9.90 Å². The van der Waals surface area contributed by atoms with E-state index >= 15 is 0 Å². The number of rotatable bonds is 7. The minimum atomic E-state index is -0.278. The van der Waals surface area contributed by atoms with Gasteiger partial charge in [-0.25, -0.2) is 9.97 Å². The van der Waals surface area contributed by atoms with Crippen LogP contribution in [-0.2, 0) is 9.53 Å². The molecule has 1 amide bonds. The number of anilines is 4. The van der Waals surface area contributed by atoms with Gasteiger partial charge in [-0.05, 0) is 48.5 Å². The number of hydrogen-bond donors (Lipinski definition) is 3. The molecule has 182 valence electrons. The van der Waals surface area contributed by atoms with E-state index in [-0.39, 0.29) is 18.6 Å². The Labute approximate surface area is 208 Å². The van der Waals surface area contributed by atoms with Crippen molar-refractivity contribution in [3.8, 4) is 11.3 Å². The van der Waals surface area contributed by atoms with Crippen molar-refractivity contribution in [2.45, 2.75) is 6.10 Å². The van der Waals surface area contributed by atoms with Gasteiger partial charge in [-0.3, -0.25) is 9.78 Å². The van der Waals surface area contributed by atoms with Crippen LogP contribution in [0.2, 0.25) is 0 Å². The fourth-order valence-electron chi connectivity index (χ4n) is 4.11. The number of benzene rings is 2. The van der Waals surface area contributed by atoms with Crippen LogP contribution in [0.15, 0.2) is 79.6 Å². The summed E-state index contributed by atoms with van der Waals surface area (Å²) in [6.07, 6.45) is 4.54. The molecular weight excluding hydrogens is 456 g/mol. The van der Waals surface area contributed by atoms with Crippen LogP contribution in [0.4, 0.5) is 23.0 Å². The molecule has 1 aliphatic heterocycles. The molecule has 1 fully saturated rings. The number of pyridine rings is 1. The maximum absolute atomic E-state index is 11.7. The Morgan fingerprint density at radius 2 is 2.03 bits per heavy atom. The van der Waals surface area contributed by atoms with Crippen molar-refractivity contribution in [2.24, 2.45) is 0 Å². The van der Waals surface area contributed by atoms with E-state index < -0.39 is 0 Å². The molecule has 5 rings (SSSR count). The quantitative estimate of drug-likeness (QED) is 0.342. The maximum Gasteiger partial charge on any atom is 0.247 e. The van der Waals surface area contributed by atoms with E-state index in [0.29, 0.717) is 36.0 Å². The van der Waals surface area contributed by atoms with E-state index in [1.54, 1.807) is 12.4 Å². The lowest BCUT2D eigenvalue weighted by Gasteiger charge is -2.33. The molecule has 2 aromatic heterocycles. The molecule has 1 unspecified atom stereocenters. The first-order valence-corrected chi connectivity index (χ1v) is 11.6. The number of nitrogens with one attached hydrogen (secondary N) is 2. The smallest absolute Gasteiger partial charge is 0.247 e. The molecular formula is C27H26N6O3. The van der Waals surface area contributed by atoms with E-state index in [4.69, 9.17) is 9.72 Å². The van der Waals surface area contributed by atoms with Crippen molar-refractivity contribution >= 4 is 39.8 Å². The molecule has 0 spiro atoms. The summed E-state index contributed by atoms with van der Waals surface area (Å²) in [5, 5.41) is 16.3. The number of carbonyl (C=O) groups excluding carboxylic acids is 1. The molecule has 2 aromatic carbocycles. The molecule has 0 radical (unpaired) electrons. The Bertz CT molecular complexity index is 1390.